The Morgan fingerprint density at radius 2 is 2.12 bits per heavy atom. The predicted molar refractivity (Wildman–Crippen MR) is 57.7 cm³/mol. The zero-order valence-electron chi connectivity index (χ0n) is 10.0. The van der Waals surface area contributed by atoms with E-state index in [-0.39, 0.29) is 18.6 Å². The third kappa shape index (κ3) is 6.24. The van der Waals surface area contributed by atoms with Gasteiger partial charge in [-0.05, 0) is 18.8 Å². The van der Waals surface area contributed by atoms with Gasteiger partial charge in [-0.2, -0.15) is 13.2 Å². The molecule has 1 heterocycles. The molecule has 6 heteroatoms. The smallest absolute Gasteiger partial charge is 0.393 e. The lowest BCUT2D eigenvalue weighted by molar-refractivity contribution is -0.174. The second-order valence-corrected chi connectivity index (χ2v) is 4.66. The molecular formula is C11H20F3NO2. The van der Waals surface area contributed by atoms with Gasteiger partial charge >= 0.3 is 6.18 Å². The number of hydrogen-bond acceptors (Lipinski definition) is 3. The summed E-state index contributed by atoms with van der Waals surface area (Å²) in [5, 5.41) is 9.52. The van der Waals surface area contributed by atoms with Gasteiger partial charge in [0.05, 0.1) is 6.10 Å². The maximum atomic E-state index is 11.8. The Balaban J connectivity index is 2.04. The SMILES string of the molecule is CC1CN(CCCOCC(F)(F)F)CCC1O. The summed E-state index contributed by atoms with van der Waals surface area (Å²) in [5.74, 6) is 0.236. The largest absolute Gasteiger partial charge is 0.411 e. The van der Waals surface area contributed by atoms with Gasteiger partial charge in [0.25, 0.3) is 0 Å². The summed E-state index contributed by atoms with van der Waals surface area (Å²) in [6.45, 7) is 3.30. The summed E-state index contributed by atoms with van der Waals surface area (Å²) in [4.78, 5) is 2.16. The predicted octanol–water partition coefficient (Wildman–Crippen LogP) is 1.66. The normalized spacial score (nSPS) is 27.4. The summed E-state index contributed by atoms with van der Waals surface area (Å²) < 4.78 is 39.8. The molecule has 1 aliphatic rings. The number of aliphatic hydroxyl groups is 1. The molecule has 0 radical (unpaired) electrons. The summed E-state index contributed by atoms with van der Waals surface area (Å²) in [5.41, 5.74) is 0. The Bertz CT molecular complexity index is 223. The van der Waals surface area contributed by atoms with Crippen molar-refractivity contribution in [3.05, 3.63) is 0 Å². The van der Waals surface area contributed by atoms with E-state index in [1.54, 1.807) is 0 Å². The van der Waals surface area contributed by atoms with Gasteiger partial charge in [-0.3, -0.25) is 0 Å². The van der Waals surface area contributed by atoms with Gasteiger partial charge in [0.2, 0.25) is 0 Å². The lowest BCUT2D eigenvalue weighted by atomic mass is 9.97. The Kier molecular flexibility index (Phi) is 5.69. The standard InChI is InChI=1S/C11H20F3NO2/c1-9-7-15(5-3-10(9)16)4-2-6-17-8-11(12,13)14/h9-10,16H,2-8H2,1H3. The number of nitrogens with zero attached hydrogens (tertiary/aromatic N) is 1. The monoisotopic (exact) mass is 255 g/mol. The highest BCUT2D eigenvalue weighted by molar-refractivity contribution is 4.76. The molecule has 0 amide bonds. The second kappa shape index (κ2) is 6.56. The van der Waals surface area contributed by atoms with Gasteiger partial charge in [-0.25, -0.2) is 0 Å². The maximum Gasteiger partial charge on any atom is 0.411 e. The van der Waals surface area contributed by atoms with E-state index in [0.29, 0.717) is 6.42 Å². The topological polar surface area (TPSA) is 32.7 Å². The minimum atomic E-state index is -4.23. The molecule has 2 atom stereocenters. The van der Waals surface area contributed by atoms with Crippen LogP contribution in [0.2, 0.25) is 0 Å². The number of alkyl halides is 3. The van der Waals surface area contributed by atoms with Crippen LogP contribution in [0.3, 0.4) is 0 Å². The van der Waals surface area contributed by atoms with E-state index in [9.17, 15) is 18.3 Å². The quantitative estimate of drug-likeness (QED) is 0.758. The summed E-state index contributed by atoms with van der Waals surface area (Å²) in [7, 11) is 0. The fraction of sp³-hybridized carbons (Fsp3) is 1.00. The number of ether oxygens (including phenoxy) is 1. The fourth-order valence-electron chi connectivity index (χ4n) is 2.00. The third-order valence-electron chi connectivity index (χ3n) is 2.97. The number of rotatable bonds is 5. The van der Waals surface area contributed by atoms with Crippen LogP contribution in [0.4, 0.5) is 13.2 Å². The van der Waals surface area contributed by atoms with E-state index >= 15 is 0 Å². The minimum absolute atomic E-state index is 0.132. The molecule has 1 saturated heterocycles. The molecule has 0 aromatic rings. The van der Waals surface area contributed by atoms with Crippen molar-refractivity contribution in [1.29, 1.82) is 0 Å². The number of piperidine rings is 1. The Morgan fingerprint density at radius 1 is 1.41 bits per heavy atom. The molecule has 0 saturated carbocycles. The summed E-state index contributed by atoms with van der Waals surface area (Å²) in [6.07, 6.45) is -3.14. The molecule has 3 nitrogen and oxygen atoms in total. The van der Waals surface area contributed by atoms with E-state index in [4.69, 9.17) is 0 Å². The lowest BCUT2D eigenvalue weighted by Gasteiger charge is -2.34. The van der Waals surface area contributed by atoms with Crippen molar-refractivity contribution < 1.29 is 23.0 Å². The number of likely N-dealkylation sites (tertiary alicyclic amines) is 1. The highest BCUT2D eigenvalue weighted by Gasteiger charge is 2.27. The van der Waals surface area contributed by atoms with Crippen molar-refractivity contribution in [1.82, 2.24) is 4.90 Å². The molecule has 0 bridgehead atoms. The minimum Gasteiger partial charge on any atom is -0.393 e. The van der Waals surface area contributed by atoms with Crippen molar-refractivity contribution in [2.45, 2.75) is 32.0 Å². The molecule has 2 unspecified atom stereocenters. The molecule has 1 rings (SSSR count). The highest BCUT2D eigenvalue weighted by atomic mass is 19.4. The number of hydrogen-bond donors (Lipinski definition) is 1. The second-order valence-electron chi connectivity index (χ2n) is 4.66. The van der Waals surface area contributed by atoms with E-state index in [1.807, 2.05) is 6.92 Å². The molecular weight excluding hydrogens is 235 g/mol. The van der Waals surface area contributed by atoms with Crippen LogP contribution in [0, 0.1) is 5.92 Å². The van der Waals surface area contributed by atoms with Crippen molar-refractivity contribution in [3.63, 3.8) is 0 Å². The molecule has 0 aliphatic carbocycles. The summed E-state index contributed by atoms with van der Waals surface area (Å²) in [6, 6.07) is 0. The average molecular weight is 255 g/mol. The number of halogens is 3. The van der Waals surface area contributed by atoms with Crippen molar-refractivity contribution in [2.24, 2.45) is 5.92 Å². The van der Waals surface area contributed by atoms with Crippen LogP contribution < -0.4 is 0 Å². The van der Waals surface area contributed by atoms with E-state index in [0.717, 1.165) is 26.1 Å². The Morgan fingerprint density at radius 3 is 2.71 bits per heavy atom. The van der Waals surface area contributed by atoms with Crippen LogP contribution in [0.25, 0.3) is 0 Å². The fourth-order valence-corrected chi connectivity index (χ4v) is 2.00. The van der Waals surface area contributed by atoms with Crippen LogP contribution in [-0.4, -0.2) is 55.1 Å². The van der Waals surface area contributed by atoms with E-state index in [1.165, 1.54) is 0 Å². The first kappa shape index (κ1) is 14.7. The Hall–Kier alpha value is -0.330. The average Bonchev–Trinajstić information content (AvgIpc) is 2.21. The Labute approximate surface area is 99.5 Å². The lowest BCUT2D eigenvalue weighted by Crippen LogP contribution is -2.42. The molecule has 1 fully saturated rings. The first-order valence-corrected chi connectivity index (χ1v) is 5.93. The number of aliphatic hydroxyl groups excluding tert-OH is 1. The van der Waals surface area contributed by atoms with Crippen LogP contribution in [0.15, 0.2) is 0 Å². The van der Waals surface area contributed by atoms with Gasteiger partial charge in [0, 0.05) is 26.2 Å². The van der Waals surface area contributed by atoms with Crippen LogP contribution >= 0.6 is 0 Å². The summed E-state index contributed by atoms with van der Waals surface area (Å²) >= 11 is 0. The van der Waals surface area contributed by atoms with Gasteiger partial charge in [0.15, 0.2) is 0 Å². The van der Waals surface area contributed by atoms with Gasteiger partial charge in [0.1, 0.15) is 6.61 Å². The zero-order valence-corrected chi connectivity index (χ0v) is 10.0. The molecule has 102 valence electrons. The zero-order chi connectivity index (χ0) is 12.9. The van der Waals surface area contributed by atoms with E-state index in [2.05, 4.69) is 9.64 Å². The van der Waals surface area contributed by atoms with Crippen molar-refractivity contribution >= 4 is 0 Å². The van der Waals surface area contributed by atoms with Crippen molar-refractivity contribution in [3.8, 4) is 0 Å². The molecule has 0 aromatic carbocycles. The molecule has 0 aromatic heterocycles. The molecule has 17 heavy (non-hydrogen) atoms. The van der Waals surface area contributed by atoms with Gasteiger partial charge < -0.3 is 14.7 Å². The highest BCUT2D eigenvalue weighted by Crippen LogP contribution is 2.17. The van der Waals surface area contributed by atoms with Crippen LogP contribution in [0.1, 0.15) is 19.8 Å². The van der Waals surface area contributed by atoms with Gasteiger partial charge in [-0.15, -0.1) is 0 Å². The van der Waals surface area contributed by atoms with Crippen molar-refractivity contribution in [2.75, 3.05) is 32.8 Å². The first-order valence-electron chi connectivity index (χ1n) is 5.93. The first-order chi connectivity index (χ1) is 7.88. The third-order valence-corrected chi connectivity index (χ3v) is 2.97. The van der Waals surface area contributed by atoms with Crippen LogP contribution in [-0.2, 0) is 4.74 Å². The van der Waals surface area contributed by atoms with Crippen LogP contribution in [0.5, 0.6) is 0 Å². The van der Waals surface area contributed by atoms with Gasteiger partial charge in [-0.1, -0.05) is 6.92 Å². The molecule has 1 N–H and O–H groups in total. The molecule has 1 aliphatic heterocycles. The molecule has 0 spiro atoms. The maximum absolute atomic E-state index is 11.8. The van der Waals surface area contributed by atoms with E-state index < -0.39 is 12.8 Å².